The molecule has 5 heteroatoms. The van der Waals surface area contributed by atoms with E-state index in [1.54, 1.807) is 6.92 Å². The zero-order valence-electron chi connectivity index (χ0n) is 6.24. The summed E-state index contributed by atoms with van der Waals surface area (Å²) in [6.45, 7) is 1.60. The van der Waals surface area contributed by atoms with E-state index in [1.165, 1.54) is 12.1 Å². The van der Waals surface area contributed by atoms with Crippen molar-refractivity contribution in [2.45, 2.75) is 6.92 Å². The first-order valence-electron chi connectivity index (χ1n) is 3.16. The standard InChI is InChI=1S/C7H6BrNO3/c1-4-5(8)2-3-6(7(4)10)9(11)12/h2-3,10H,1H3. The van der Waals surface area contributed by atoms with Crippen molar-refractivity contribution in [3.8, 4) is 5.75 Å². The van der Waals surface area contributed by atoms with Crippen LogP contribution >= 0.6 is 15.9 Å². The van der Waals surface area contributed by atoms with Crippen molar-refractivity contribution < 1.29 is 10.0 Å². The average Bonchev–Trinajstić information content (AvgIpc) is 2.00. The molecule has 1 N–H and O–H groups in total. The van der Waals surface area contributed by atoms with Gasteiger partial charge in [-0.15, -0.1) is 0 Å². The van der Waals surface area contributed by atoms with E-state index in [1.807, 2.05) is 0 Å². The Kier molecular flexibility index (Phi) is 2.32. The van der Waals surface area contributed by atoms with E-state index in [2.05, 4.69) is 15.9 Å². The maximum absolute atomic E-state index is 10.3. The zero-order chi connectivity index (χ0) is 9.30. The molecule has 0 aromatic heterocycles. The van der Waals surface area contributed by atoms with Gasteiger partial charge in [0.1, 0.15) is 0 Å². The first-order valence-corrected chi connectivity index (χ1v) is 3.96. The van der Waals surface area contributed by atoms with E-state index in [-0.39, 0.29) is 11.4 Å². The van der Waals surface area contributed by atoms with Crippen LogP contribution in [0.3, 0.4) is 0 Å². The third-order valence-electron chi connectivity index (χ3n) is 1.54. The molecule has 1 rings (SSSR count). The molecule has 64 valence electrons. The van der Waals surface area contributed by atoms with Gasteiger partial charge in [-0.05, 0) is 13.0 Å². The first kappa shape index (κ1) is 8.99. The summed E-state index contributed by atoms with van der Waals surface area (Å²) >= 11 is 3.15. The Morgan fingerprint density at radius 1 is 1.58 bits per heavy atom. The first-order chi connectivity index (χ1) is 5.54. The average molecular weight is 232 g/mol. The lowest BCUT2D eigenvalue weighted by Crippen LogP contribution is -1.90. The minimum atomic E-state index is -0.616. The lowest BCUT2D eigenvalue weighted by molar-refractivity contribution is -0.385. The largest absolute Gasteiger partial charge is 0.502 e. The molecular weight excluding hydrogens is 226 g/mol. The highest BCUT2D eigenvalue weighted by Gasteiger charge is 2.15. The van der Waals surface area contributed by atoms with Crippen LogP contribution in [0.5, 0.6) is 5.75 Å². The number of phenols is 1. The van der Waals surface area contributed by atoms with Gasteiger partial charge in [-0.25, -0.2) is 0 Å². The molecule has 0 amide bonds. The van der Waals surface area contributed by atoms with Crippen LogP contribution in [0, 0.1) is 17.0 Å². The summed E-state index contributed by atoms with van der Waals surface area (Å²) in [4.78, 5) is 9.70. The van der Waals surface area contributed by atoms with E-state index in [0.29, 0.717) is 10.0 Å². The normalized spacial score (nSPS) is 9.83. The lowest BCUT2D eigenvalue weighted by atomic mass is 10.2. The molecule has 0 spiro atoms. The van der Waals surface area contributed by atoms with Gasteiger partial charge in [0.05, 0.1) is 4.92 Å². The summed E-state index contributed by atoms with van der Waals surface area (Å²) in [6.07, 6.45) is 0. The maximum atomic E-state index is 10.3. The van der Waals surface area contributed by atoms with E-state index < -0.39 is 4.92 Å². The molecule has 0 unspecified atom stereocenters. The van der Waals surface area contributed by atoms with Crippen molar-refractivity contribution in [2.75, 3.05) is 0 Å². The van der Waals surface area contributed by atoms with Crippen LogP contribution in [0.2, 0.25) is 0 Å². The fraction of sp³-hybridized carbons (Fsp3) is 0.143. The molecule has 0 fully saturated rings. The zero-order valence-corrected chi connectivity index (χ0v) is 7.83. The number of hydrogen-bond donors (Lipinski definition) is 1. The number of nitro groups is 1. The van der Waals surface area contributed by atoms with Gasteiger partial charge in [-0.1, -0.05) is 15.9 Å². The van der Waals surface area contributed by atoms with Crippen LogP contribution in [0.15, 0.2) is 16.6 Å². The van der Waals surface area contributed by atoms with Gasteiger partial charge in [0.25, 0.3) is 0 Å². The number of benzene rings is 1. The van der Waals surface area contributed by atoms with Crippen molar-refractivity contribution in [2.24, 2.45) is 0 Å². The molecule has 0 radical (unpaired) electrons. The van der Waals surface area contributed by atoms with Crippen LogP contribution < -0.4 is 0 Å². The van der Waals surface area contributed by atoms with E-state index in [0.717, 1.165) is 0 Å². The van der Waals surface area contributed by atoms with Gasteiger partial charge in [0.15, 0.2) is 5.75 Å². The molecule has 0 aliphatic heterocycles. The molecule has 0 aliphatic rings. The summed E-state index contributed by atoms with van der Waals surface area (Å²) in [5, 5.41) is 19.6. The minimum Gasteiger partial charge on any atom is -0.502 e. The predicted octanol–water partition coefficient (Wildman–Crippen LogP) is 2.37. The van der Waals surface area contributed by atoms with Gasteiger partial charge in [-0.3, -0.25) is 10.1 Å². The summed E-state index contributed by atoms with van der Waals surface area (Å²) in [5.74, 6) is -0.283. The topological polar surface area (TPSA) is 63.4 Å². The van der Waals surface area contributed by atoms with Crippen LogP contribution in [0.25, 0.3) is 0 Å². The number of nitro benzene ring substituents is 1. The Morgan fingerprint density at radius 3 is 2.67 bits per heavy atom. The SMILES string of the molecule is Cc1c(Br)ccc([N+](=O)[O-])c1O. The Labute approximate surface area is 77.1 Å². The van der Waals surface area contributed by atoms with Crippen LogP contribution in [0.4, 0.5) is 5.69 Å². The summed E-state index contributed by atoms with van der Waals surface area (Å²) in [7, 11) is 0. The Hall–Kier alpha value is -1.10. The molecule has 0 bridgehead atoms. The number of halogens is 1. The number of nitrogens with zero attached hydrogens (tertiary/aromatic N) is 1. The van der Waals surface area contributed by atoms with Crippen LogP contribution in [0.1, 0.15) is 5.56 Å². The second-order valence-corrected chi connectivity index (χ2v) is 3.15. The van der Waals surface area contributed by atoms with Crippen LogP contribution in [-0.2, 0) is 0 Å². The second-order valence-electron chi connectivity index (χ2n) is 2.30. The maximum Gasteiger partial charge on any atom is 0.311 e. The Morgan fingerprint density at radius 2 is 2.17 bits per heavy atom. The van der Waals surface area contributed by atoms with Crippen molar-refractivity contribution in [1.82, 2.24) is 0 Å². The monoisotopic (exact) mass is 231 g/mol. The highest BCUT2D eigenvalue weighted by Crippen LogP contribution is 2.33. The molecule has 1 aromatic rings. The van der Waals surface area contributed by atoms with E-state index in [9.17, 15) is 15.2 Å². The smallest absolute Gasteiger partial charge is 0.311 e. The third kappa shape index (κ3) is 1.40. The van der Waals surface area contributed by atoms with Gasteiger partial charge >= 0.3 is 5.69 Å². The Bertz CT molecular complexity index is 338. The summed E-state index contributed by atoms with van der Waals surface area (Å²) < 4.78 is 0.658. The van der Waals surface area contributed by atoms with Crippen molar-refractivity contribution in [3.05, 3.63) is 32.3 Å². The van der Waals surface area contributed by atoms with Gasteiger partial charge in [0, 0.05) is 16.1 Å². The van der Waals surface area contributed by atoms with Gasteiger partial charge in [0.2, 0.25) is 0 Å². The Balaban J connectivity index is 3.36. The second kappa shape index (κ2) is 3.10. The van der Waals surface area contributed by atoms with Crippen molar-refractivity contribution in [3.63, 3.8) is 0 Å². The van der Waals surface area contributed by atoms with Crippen LogP contribution in [-0.4, -0.2) is 10.0 Å². The molecular formula is C7H6BrNO3. The fourth-order valence-corrected chi connectivity index (χ4v) is 1.13. The highest BCUT2D eigenvalue weighted by molar-refractivity contribution is 9.10. The quantitative estimate of drug-likeness (QED) is 0.597. The summed E-state index contributed by atoms with van der Waals surface area (Å²) in [5.41, 5.74) is 0.208. The lowest BCUT2D eigenvalue weighted by Gasteiger charge is -2.00. The molecule has 0 saturated carbocycles. The van der Waals surface area contributed by atoms with Crippen molar-refractivity contribution >= 4 is 21.6 Å². The molecule has 0 heterocycles. The van der Waals surface area contributed by atoms with Crippen molar-refractivity contribution in [1.29, 1.82) is 0 Å². The molecule has 1 aromatic carbocycles. The number of phenolic OH excluding ortho intramolecular Hbond substituents is 1. The molecule has 0 aliphatic carbocycles. The molecule has 4 nitrogen and oxygen atoms in total. The van der Waals surface area contributed by atoms with E-state index in [4.69, 9.17) is 0 Å². The number of rotatable bonds is 1. The molecule has 12 heavy (non-hydrogen) atoms. The minimum absolute atomic E-state index is 0.268. The van der Waals surface area contributed by atoms with Gasteiger partial charge in [-0.2, -0.15) is 0 Å². The predicted molar refractivity (Wildman–Crippen MR) is 47.2 cm³/mol. The number of hydrogen-bond acceptors (Lipinski definition) is 3. The number of aromatic hydroxyl groups is 1. The molecule has 0 saturated heterocycles. The fourth-order valence-electron chi connectivity index (χ4n) is 0.809. The van der Waals surface area contributed by atoms with E-state index >= 15 is 0 Å². The third-order valence-corrected chi connectivity index (χ3v) is 2.40. The van der Waals surface area contributed by atoms with Gasteiger partial charge < -0.3 is 5.11 Å². The molecule has 0 atom stereocenters. The summed E-state index contributed by atoms with van der Waals surface area (Å²) in [6, 6.07) is 2.79. The highest BCUT2D eigenvalue weighted by atomic mass is 79.9.